The van der Waals surface area contributed by atoms with Crippen LogP contribution in [0.2, 0.25) is 0 Å². The SMILES string of the molecule is COc1ccc(C2=NN(C(C)=O)C(c3ccc(OC)c(OC)c3)C2)cc1. The summed E-state index contributed by atoms with van der Waals surface area (Å²) in [4.78, 5) is 12.1. The number of methoxy groups -OCH3 is 3. The summed E-state index contributed by atoms with van der Waals surface area (Å²) in [5.41, 5.74) is 2.78. The largest absolute Gasteiger partial charge is 0.497 e. The quantitative estimate of drug-likeness (QED) is 0.826. The zero-order valence-electron chi connectivity index (χ0n) is 15.4. The predicted molar refractivity (Wildman–Crippen MR) is 99.0 cm³/mol. The highest BCUT2D eigenvalue weighted by molar-refractivity contribution is 6.03. The monoisotopic (exact) mass is 354 g/mol. The van der Waals surface area contributed by atoms with E-state index < -0.39 is 0 Å². The molecule has 1 aliphatic rings. The highest BCUT2D eigenvalue weighted by Gasteiger charge is 2.32. The molecule has 0 bridgehead atoms. The number of ether oxygens (including phenoxy) is 3. The molecule has 136 valence electrons. The van der Waals surface area contributed by atoms with E-state index in [1.807, 2.05) is 42.5 Å². The maximum absolute atomic E-state index is 12.1. The van der Waals surface area contributed by atoms with Crippen LogP contribution in [0.5, 0.6) is 17.2 Å². The van der Waals surface area contributed by atoms with Crippen molar-refractivity contribution < 1.29 is 19.0 Å². The molecule has 0 fully saturated rings. The number of amides is 1. The number of hydrogen-bond acceptors (Lipinski definition) is 5. The van der Waals surface area contributed by atoms with E-state index in [2.05, 4.69) is 5.10 Å². The fraction of sp³-hybridized carbons (Fsp3) is 0.300. The lowest BCUT2D eigenvalue weighted by Gasteiger charge is -2.21. The number of hydrazone groups is 1. The van der Waals surface area contributed by atoms with Crippen molar-refractivity contribution in [2.45, 2.75) is 19.4 Å². The molecule has 0 N–H and O–H groups in total. The molecule has 1 heterocycles. The number of carbonyl (C=O) groups excluding carboxylic acids is 1. The minimum absolute atomic E-state index is 0.103. The van der Waals surface area contributed by atoms with Gasteiger partial charge in [-0.3, -0.25) is 4.79 Å². The molecule has 2 aromatic carbocycles. The number of nitrogens with zero attached hydrogens (tertiary/aromatic N) is 2. The summed E-state index contributed by atoms with van der Waals surface area (Å²) in [7, 11) is 4.82. The van der Waals surface area contributed by atoms with Crippen LogP contribution < -0.4 is 14.2 Å². The van der Waals surface area contributed by atoms with Crippen LogP contribution in [-0.2, 0) is 4.79 Å². The second-order valence-electron chi connectivity index (χ2n) is 5.97. The number of carbonyl (C=O) groups is 1. The Bertz CT molecular complexity index is 830. The van der Waals surface area contributed by atoms with Gasteiger partial charge < -0.3 is 14.2 Å². The molecule has 1 unspecified atom stereocenters. The molecule has 0 saturated heterocycles. The topological polar surface area (TPSA) is 60.4 Å². The van der Waals surface area contributed by atoms with E-state index in [0.717, 1.165) is 22.6 Å². The van der Waals surface area contributed by atoms with Gasteiger partial charge in [-0.1, -0.05) is 6.07 Å². The van der Waals surface area contributed by atoms with Gasteiger partial charge in [-0.2, -0.15) is 5.10 Å². The summed E-state index contributed by atoms with van der Waals surface area (Å²) < 4.78 is 15.9. The lowest BCUT2D eigenvalue weighted by atomic mass is 9.98. The van der Waals surface area contributed by atoms with Crippen molar-refractivity contribution in [3.63, 3.8) is 0 Å². The van der Waals surface area contributed by atoms with E-state index >= 15 is 0 Å². The van der Waals surface area contributed by atoms with Crippen molar-refractivity contribution in [3.05, 3.63) is 53.6 Å². The molecule has 1 amide bonds. The van der Waals surface area contributed by atoms with Crippen LogP contribution >= 0.6 is 0 Å². The Morgan fingerprint density at radius 2 is 1.69 bits per heavy atom. The Labute approximate surface area is 153 Å². The highest BCUT2D eigenvalue weighted by Crippen LogP contribution is 2.37. The van der Waals surface area contributed by atoms with Gasteiger partial charge >= 0.3 is 0 Å². The van der Waals surface area contributed by atoms with Gasteiger partial charge in [-0.15, -0.1) is 0 Å². The molecule has 1 aliphatic heterocycles. The first-order valence-electron chi connectivity index (χ1n) is 8.31. The lowest BCUT2D eigenvalue weighted by molar-refractivity contribution is -0.130. The second-order valence-corrected chi connectivity index (χ2v) is 5.97. The minimum atomic E-state index is -0.176. The second kappa shape index (κ2) is 7.47. The third-order valence-electron chi connectivity index (χ3n) is 4.45. The van der Waals surface area contributed by atoms with Gasteiger partial charge in [0.15, 0.2) is 11.5 Å². The van der Waals surface area contributed by atoms with Crippen molar-refractivity contribution >= 4 is 11.6 Å². The molecule has 1 atom stereocenters. The lowest BCUT2D eigenvalue weighted by Crippen LogP contribution is -2.24. The van der Waals surface area contributed by atoms with Gasteiger partial charge in [-0.05, 0) is 47.5 Å². The number of benzene rings is 2. The Morgan fingerprint density at radius 3 is 2.27 bits per heavy atom. The first-order chi connectivity index (χ1) is 12.6. The van der Waals surface area contributed by atoms with Gasteiger partial charge in [0.2, 0.25) is 5.91 Å². The summed E-state index contributed by atoms with van der Waals surface area (Å²) >= 11 is 0. The summed E-state index contributed by atoms with van der Waals surface area (Å²) in [5.74, 6) is 1.96. The van der Waals surface area contributed by atoms with Crippen LogP contribution in [0.25, 0.3) is 0 Å². The molecule has 6 nitrogen and oxygen atoms in total. The summed E-state index contributed by atoms with van der Waals surface area (Å²) in [5, 5.41) is 6.09. The number of hydrogen-bond donors (Lipinski definition) is 0. The maximum Gasteiger partial charge on any atom is 0.240 e. The third-order valence-corrected chi connectivity index (χ3v) is 4.45. The van der Waals surface area contributed by atoms with Gasteiger partial charge in [0.05, 0.1) is 33.1 Å². The summed E-state index contributed by atoms with van der Waals surface area (Å²) in [6, 6.07) is 13.2. The smallest absolute Gasteiger partial charge is 0.240 e. The molecule has 0 saturated carbocycles. The average molecular weight is 354 g/mol. The van der Waals surface area contributed by atoms with Crippen LogP contribution in [0.4, 0.5) is 0 Å². The molecule has 0 spiro atoms. The highest BCUT2D eigenvalue weighted by atomic mass is 16.5. The van der Waals surface area contributed by atoms with Crippen molar-refractivity contribution in [3.8, 4) is 17.2 Å². The van der Waals surface area contributed by atoms with Crippen LogP contribution in [0, 0.1) is 0 Å². The van der Waals surface area contributed by atoms with Gasteiger partial charge in [0, 0.05) is 13.3 Å². The molecule has 0 aliphatic carbocycles. The van der Waals surface area contributed by atoms with Crippen LogP contribution in [0.15, 0.2) is 47.6 Å². The van der Waals surface area contributed by atoms with Gasteiger partial charge in [0.1, 0.15) is 5.75 Å². The molecule has 2 aromatic rings. The van der Waals surface area contributed by atoms with E-state index in [1.54, 1.807) is 21.3 Å². The van der Waals surface area contributed by atoms with E-state index in [4.69, 9.17) is 14.2 Å². The van der Waals surface area contributed by atoms with E-state index in [0.29, 0.717) is 17.9 Å². The Morgan fingerprint density at radius 1 is 1.00 bits per heavy atom. The maximum atomic E-state index is 12.1. The Balaban J connectivity index is 1.92. The predicted octanol–water partition coefficient (Wildman–Crippen LogP) is 3.41. The normalized spacial score (nSPS) is 16.2. The fourth-order valence-corrected chi connectivity index (χ4v) is 3.08. The molecule has 0 radical (unpaired) electrons. The first kappa shape index (κ1) is 17.8. The van der Waals surface area contributed by atoms with Crippen LogP contribution in [0.3, 0.4) is 0 Å². The molecule has 0 aromatic heterocycles. The zero-order chi connectivity index (χ0) is 18.7. The molecule has 6 heteroatoms. The van der Waals surface area contributed by atoms with E-state index in [1.165, 1.54) is 11.9 Å². The van der Waals surface area contributed by atoms with Gasteiger partial charge in [-0.25, -0.2) is 5.01 Å². The fourth-order valence-electron chi connectivity index (χ4n) is 3.08. The van der Waals surface area contributed by atoms with Crippen molar-refractivity contribution in [1.29, 1.82) is 0 Å². The van der Waals surface area contributed by atoms with Gasteiger partial charge in [0.25, 0.3) is 0 Å². The first-order valence-corrected chi connectivity index (χ1v) is 8.31. The van der Waals surface area contributed by atoms with Crippen molar-refractivity contribution in [2.24, 2.45) is 5.10 Å². The molecule has 3 rings (SSSR count). The molecular formula is C20H22N2O4. The summed E-state index contributed by atoms with van der Waals surface area (Å²) in [6.45, 7) is 1.52. The summed E-state index contributed by atoms with van der Waals surface area (Å²) in [6.07, 6.45) is 0.626. The standard InChI is InChI=1S/C20H22N2O4/c1-13(23)22-18(15-7-10-19(25-3)20(11-15)26-4)12-17(21-22)14-5-8-16(24-2)9-6-14/h5-11,18H,12H2,1-4H3. The third kappa shape index (κ3) is 3.35. The van der Waals surface area contributed by atoms with Crippen LogP contribution in [-0.4, -0.2) is 38.0 Å². The Hall–Kier alpha value is -3.02. The van der Waals surface area contributed by atoms with E-state index in [9.17, 15) is 4.79 Å². The molecule has 26 heavy (non-hydrogen) atoms. The van der Waals surface area contributed by atoms with Crippen LogP contribution in [0.1, 0.15) is 30.5 Å². The molecular weight excluding hydrogens is 332 g/mol. The minimum Gasteiger partial charge on any atom is -0.497 e. The van der Waals surface area contributed by atoms with Crippen molar-refractivity contribution in [2.75, 3.05) is 21.3 Å². The van der Waals surface area contributed by atoms with Crippen molar-refractivity contribution in [1.82, 2.24) is 5.01 Å². The Kier molecular flexibility index (Phi) is 5.11. The van der Waals surface area contributed by atoms with E-state index in [-0.39, 0.29) is 11.9 Å². The average Bonchev–Trinajstić information content (AvgIpc) is 3.13. The zero-order valence-corrected chi connectivity index (χ0v) is 15.4. The number of rotatable bonds is 5.